The Kier molecular flexibility index (Phi) is 3.23. The molecule has 0 aromatic carbocycles. The largest absolute Gasteiger partial charge is 0.506 e. The SMILES string of the molecule is COC(=O)C=Cc1nc(C)ccc1O. The summed E-state index contributed by atoms with van der Waals surface area (Å²) in [4.78, 5) is 14.8. The number of hydrogen-bond donors (Lipinski definition) is 1. The van der Waals surface area contributed by atoms with E-state index in [1.807, 2.05) is 0 Å². The van der Waals surface area contributed by atoms with Crippen LogP contribution >= 0.6 is 0 Å². The van der Waals surface area contributed by atoms with Gasteiger partial charge in [-0.15, -0.1) is 0 Å². The Hall–Kier alpha value is -1.84. The predicted octanol–water partition coefficient (Wildman–Crippen LogP) is 1.28. The van der Waals surface area contributed by atoms with Crippen LogP contribution in [0.25, 0.3) is 6.08 Å². The van der Waals surface area contributed by atoms with E-state index in [0.717, 1.165) is 5.69 Å². The zero-order valence-corrected chi connectivity index (χ0v) is 8.02. The Morgan fingerprint density at radius 1 is 1.57 bits per heavy atom. The van der Waals surface area contributed by atoms with Crippen LogP contribution in [0.2, 0.25) is 0 Å². The summed E-state index contributed by atoms with van der Waals surface area (Å²) in [5.41, 5.74) is 1.13. The fourth-order valence-electron chi connectivity index (χ4n) is 0.907. The number of pyridine rings is 1. The number of hydrogen-bond acceptors (Lipinski definition) is 4. The number of aromatic hydroxyl groups is 1. The normalized spacial score (nSPS) is 10.4. The van der Waals surface area contributed by atoms with Crippen LogP contribution in [0, 0.1) is 6.92 Å². The highest BCUT2D eigenvalue weighted by Gasteiger charge is 1.99. The Morgan fingerprint density at radius 2 is 2.29 bits per heavy atom. The maximum absolute atomic E-state index is 10.8. The van der Waals surface area contributed by atoms with Gasteiger partial charge in [0.25, 0.3) is 0 Å². The Morgan fingerprint density at radius 3 is 2.93 bits per heavy atom. The second kappa shape index (κ2) is 4.41. The number of carbonyl (C=O) groups excluding carboxylic acids is 1. The van der Waals surface area contributed by atoms with Crippen molar-refractivity contribution in [2.24, 2.45) is 0 Å². The van der Waals surface area contributed by atoms with Crippen LogP contribution in [0.1, 0.15) is 11.4 Å². The van der Waals surface area contributed by atoms with Crippen molar-refractivity contribution in [1.82, 2.24) is 4.98 Å². The zero-order chi connectivity index (χ0) is 10.6. The number of nitrogens with zero attached hydrogens (tertiary/aromatic N) is 1. The van der Waals surface area contributed by atoms with Gasteiger partial charge in [0, 0.05) is 11.8 Å². The van der Waals surface area contributed by atoms with Gasteiger partial charge in [0.1, 0.15) is 11.4 Å². The topological polar surface area (TPSA) is 59.4 Å². The summed E-state index contributed by atoms with van der Waals surface area (Å²) in [6.07, 6.45) is 2.62. The molecule has 0 fully saturated rings. The van der Waals surface area contributed by atoms with Gasteiger partial charge in [0.2, 0.25) is 0 Å². The van der Waals surface area contributed by atoms with Crippen LogP contribution in [-0.2, 0) is 9.53 Å². The summed E-state index contributed by atoms with van der Waals surface area (Å²) in [6.45, 7) is 1.80. The summed E-state index contributed by atoms with van der Waals surface area (Å²) in [5.74, 6) is -0.441. The molecule has 1 aromatic heterocycles. The molecule has 0 atom stereocenters. The van der Waals surface area contributed by atoms with Crippen LogP contribution < -0.4 is 0 Å². The Labute approximate surface area is 81.9 Å². The van der Waals surface area contributed by atoms with E-state index in [2.05, 4.69) is 9.72 Å². The van der Waals surface area contributed by atoms with Gasteiger partial charge in [-0.2, -0.15) is 0 Å². The van der Waals surface area contributed by atoms with E-state index in [-0.39, 0.29) is 5.75 Å². The van der Waals surface area contributed by atoms with Crippen LogP contribution in [0.15, 0.2) is 18.2 Å². The lowest BCUT2D eigenvalue weighted by atomic mass is 10.2. The van der Waals surface area contributed by atoms with Gasteiger partial charge in [-0.05, 0) is 25.1 Å². The van der Waals surface area contributed by atoms with Crippen molar-refractivity contribution in [3.05, 3.63) is 29.6 Å². The smallest absolute Gasteiger partial charge is 0.330 e. The third-order valence-electron chi connectivity index (χ3n) is 1.62. The van der Waals surface area contributed by atoms with Gasteiger partial charge >= 0.3 is 5.97 Å². The highest BCUT2D eigenvalue weighted by Crippen LogP contribution is 2.15. The molecule has 0 saturated carbocycles. The molecule has 1 rings (SSSR count). The van der Waals surface area contributed by atoms with Crippen molar-refractivity contribution in [1.29, 1.82) is 0 Å². The van der Waals surface area contributed by atoms with Crippen LogP contribution in [-0.4, -0.2) is 23.2 Å². The molecule has 0 amide bonds. The lowest BCUT2D eigenvalue weighted by molar-refractivity contribution is -0.134. The quantitative estimate of drug-likeness (QED) is 0.567. The first kappa shape index (κ1) is 10.2. The molecule has 1 heterocycles. The first-order valence-electron chi connectivity index (χ1n) is 4.06. The number of aryl methyl sites for hydroxylation is 1. The molecule has 74 valence electrons. The molecule has 1 N–H and O–H groups in total. The maximum atomic E-state index is 10.8. The summed E-state index contributed by atoms with van der Waals surface area (Å²) >= 11 is 0. The second-order valence-corrected chi connectivity index (χ2v) is 2.71. The Bertz CT molecular complexity index is 372. The molecular formula is C10H11NO3. The van der Waals surface area contributed by atoms with E-state index < -0.39 is 5.97 Å². The number of rotatable bonds is 2. The summed E-state index contributed by atoms with van der Waals surface area (Å²) in [5, 5.41) is 9.35. The number of carbonyl (C=O) groups is 1. The van der Waals surface area contributed by atoms with E-state index in [4.69, 9.17) is 0 Å². The monoisotopic (exact) mass is 193 g/mol. The number of aromatic nitrogens is 1. The van der Waals surface area contributed by atoms with E-state index in [0.29, 0.717) is 5.69 Å². The third kappa shape index (κ3) is 2.58. The first-order valence-corrected chi connectivity index (χ1v) is 4.06. The zero-order valence-electron chi connectivity index (χ0n) is 8.02. The average molecular weight is 193 g/mol. The van der Waals surface area contributed by atoms with Crippen molar-refractivity contribution in [3.63, 3.8) is 0 Å². The van der Waals surface area contributed by atoms with Gasteiger partial charge in [-0.3, -0.25) is 0 Å². The fraction of sp³-hybridized carbons (Fsp3) is 0.200. The van der Waals surface area contributed by atoms with Crippen molar-refractivity contribution in [2.45, 2.75) is 6.92 Å². The van der Waals surface area contributed by atoms with Crippen molar-refractivity contribution < 1.29 is 14.6 Å². The van der Waals surface area contributed by atoms with E-state index >= 15 is 0 Å². The maximum Gasteiger partial charge on any atom is 0.330 e. The minimum Gasteiger partial charge on any atom is -0.506 e. The van der Waals surface area contributed by atoms with E-state index in [1.165, 1.54) is 25.3 Å². The van der Waals surface area contributed by atoms with E-state index in [1.54, 1.807) is 13.0 Å². The minimum absolute atomic E-state index is 0.0377. The van der Waals surface area contributed by atoms with Crippen molar-refractivity contribution >= 4 is 12.0 Å². The summed E-state index contributed by atoms with van der Waals surface area (Å²) in [7, 11) is 1.29. The number of esters is 1. The molecule has 1 aromatic rings. The average Bonchev–Trinajstić information content (AvgIpc) is 2.19. The highest BCUT2D eigenvalue weighted by molar-refractivity contribution is 5.87. The molecule has 14 heavy (non-hydrogen) atoms. The molecule has 0 bridgehead atoms. The standard InChI is InChI=1S/C10H11NO3/c1-7-3-5-9(12)8(11-7)4-6-10(13)14-2/h3-6,12H,1-2H3. The molecule has 0 saturated heterocycles. The van der Waals surface area contributed by atoms with Crippen LogP contribution in [0.4, 0.5) is 0 Å². The molecule has 0 aliphatic rings. The van der Waals surface area contributed by atoms with Crippen molar-refractivity contribution in [2.75, 3.05) is 7.11 Å². The van der Waals surface area contributed by atoms with Crippen LogP contribution in [0.3, 0.4) is 0 Å². The molecule has 0 radical (unpaired) electrons. The highest BCUT2D eigenvalue weighted by atomic mass is 16.5. The Balaban J connectivity index is 2.90. The fourth-order valence-corrected chi connectivity index (χ4v) is 0.907. The molecule has 4 nitrogen and oxygen atoms in total. The van der Waals surface area contributed by atoms with Gasteiger partial charge in [0.15, 0.2) is 0 Å². The molecular weight excluding hydrogens is 182 g/mol. The van der Waals surface area contributed by atoms with Gasteiger partial charge in [-0.25, -0.2) is 9.78 Å². The van der Waals surface area contributed by atoms with E-state index in [9.17, 15) is 9.90 Å². The molecule has 4 heteroatoms. The number of methoxy groups -OCH3 is 1. The van der Waals surface area contributed by atoms with Gasteiger partial charge < -0.3 is 9.84 Å². The lowest BCUT2D eigenvalue weighted by Crippen LogP contribution is -1.94. The number of ether oxygens (including phenoxy) is 1. The third-order valence-corrected chi connectivity index (χ3v) is 1.62. The summed E-state index contributed by atoms with van der Waals surface area (Å²) < 4.78 is 4.41. The van der Waals surface area contributed by atoms with Gasteiger partial charge in [-0.1, -0.05) is 0 Å². The van der Waals surface area contributed by atoms with Crippen molar-refractivity contribution in [3.8, 4) is 5.75 Å². The molecule has 0 spiro atoms. The first-order chi connectivity index (χ1) is 6.63. The molecule has 0 unspecified atom stereocenters. The minimum atomic E-state index is -0.479. The second-order valence-electron chi connectivity index (χ2n) is 2.71. The predicted molar refractivity (Wildman–Crippen MR) is 51.7 cm³/mol. The molecule has 0 aliphatic heterocycles. The summed E-state index contributed by atoms with van der Waals surface area (Å²) in [6, 6.07) is 3.21. The molecule has 0 aliphatic carbocycles. The van der Waals surface area contributed by atoms with Gasteiger partial charge in [0.05, 0.1) is 7.11 Å². The lowest BCUT2D eigenvalue weighted by Gasteiger charge is -1.98. The van der Waals surface area contributed by atoms with Crippen LogP contribution in [0.5, 0.6) is 5.75 Å².